The lowest BCUT2D eigenvalue weighted by Crippen LogP contribution is -2.45. The lowest BCUT2D eigenvalue weighted by atomic mass is 10.0. The highest BCUT2D eigenvalue weighted by Crippen LogP contribution is 2.18. The molecule has 2 atom stereocenters. The van der Waals surface area contributed by atoms with Gasteiger partial charge >= 0.3 is 0 Å². The second-order valence-corrected chi connectivity index (χ2v) is 20.4. The summed E-state index contributed by atoms with van der Waals surface area (Å²) in [5.41, 5.74) is 0. The van der Waals surface area contributed by atoms with Gasteiger partial charge in [0, 0.05) is 6.42 Å². The Balaban J connectivity index is 3.42. The van der Waals surface area contributed by atoms with Crippen LogP contribution in [0.25, 0.3) is 0 Å². The zero-order chi connectivity index (χ0) is 46.3. The molecule has 0 heterocycles. The van der Waals surface area contributed by atoms with E-state index in [-0.39, 0.29) is 12.5 Å². The van der Waals surface area contributed by atoms with Crippen molar-refractivity contribution >= 4 is 5.91 Å². The van der Waals surface area contributed by atoms with E-state index in [1.165, 1.54) is 276 Å². The van der Waals surface area contributed by atoms with Crippen molar-refractivity contribution in [3.05, 3.63) is 24.3 Å². The molecule has 0 bridgehead atoms. The van der Waals surface area contributed by atoms with Gasteiger partial charge in [-0.1, -0.05) is 308 Å². The van der Waals surface area contributed by atoms with E-state index in [1.807, 2.05) is 0 Å². The number of allylic oxidation sites excluding steroid dienone is 4. The van der Waals surface area contributed by atoms with Crippen LogP contribution in [0, 0.1) is 0 Å². The van der Waals surface area contributed by atoms with Crippen LogP contribution in [0.15, 0.2) is 24.3 Å². The molecule has 4 heteroatoms. The maximum absolute atomic E-state index is 12.5. The molecular formula is C60H117NO3. The largest absolute Gasteiger partial charge is 0.394 e. The van der Waals surface area contributed by atoms with Crippen molar-refractivity contribution in [3.8, 4) is 0 Å². The fourth-order valence-corrected chi connectivity index (χ4v) is 9.45. The minimum absolute atomic E-state index is 0.0254. The maximum atomic E-state index is 12.5. The third kappa shape index (κ3) is 51.8. The molecule has 4 nitrogen and oxygen atoms in total. The number of unbranched alkanes of at least 4 members (excludes halogenated alkanes) is 44. The standard InChI is InChI=1S/C60H117NO3/c1-3-5-7-9-11-13-15-17-19-21-23-25-27-29-30-32-34-36-38-40-42-44-46-48-50-52-54-56-60(64)61-58(57-62)59(63)55-53-51-49-47-45-43-41-39-37-35-33-31-28-26-24-22-20-18-16-14-12-10-8-6-4-2/h15,17,21,23,58-59,62-63H,3-14,16,18-20,22,24-57H2,1-2H3,(H,61,64)/b17-15-,23-21-. The van der Waals surface area contributed by atoms with Crippen molar-refractivity contribution in [3.63, 3.8) is 0 Å². The summed E-state index contributed by atoms with van der Waals surface area (Å²) < 4.78 is 0. The Morgan fingerprint density at radius 2 is 0.641 bits per heavy atom. The molecule has 0 saturated heterocycles. The summed E-state index contributed by atoms with van der Waals surface area (Å²) in [7, 11) is 0. The Bertz CT molecular complexity index is 932. The lowest BCUT2D eigenvalue weighted by molar-refractivity contribution is -0.123. The molecular weight excluding hydrogens is 783 g/mol. The molecule has 3 N–H and O–H groups in total. The van der Waals surface area contributed by atoms with Crippen LogP contribution in [-0.4, -0.2) is 34.9 Å². The van der Waals surface area contributed by atoms with E-state index in [2.05, 4.69) is 43.5 Å². The minimum Gasteiger partial charge on any atom is -0.394 e. The molecule has 2 unspecified atom stereocenters. The number of amides is 1. The fraction of sp³-hybridized carbons (Fsp3) is 0.917. The number of aliphatic hydroxyl groups is 2. The van der Waals surface area contributed by atoms with Crippen molar-refractivity contribution in [2.24, 2.45) is 0 Å². The Morgan fingerprint density at radius 3 is 0.938 bits per heavy atom. The van der Waals surface area contributed by atoms with Gasteiger partial charge in [-0.3, -0.25) is 4.79 Å². The van der Waals surface area contributed by atoms with Crippen LogP contribution in [0.1, 0.15) is 335 Å². The molecule has 0 fully saturated rings. The van der Waals surface area contributed by atoms with Crippen LogP contribution in [-0.2, 0) is 4.79 Å². The van der Waals surface area contributed by atoms with Gasteiger partial charge in [0.15, 0.2) is 0 Å². The average molecular weight is 901 g/mol. The minimum atomic E-state index is -0.659. The topological polar surface area (TPSA) is 69.6 Å². The Morgan fingerprint density at radius 1 is 0.375 bits per heavy atom. The number of hydrogen-bond acceptors (Lipinski definition) is 3. The predicted octanol–water partition coefficient (Wildman–Crippen LogP) is 19.5. The zero-order valence-corrected chi connectivity index (χ0v) is 43.8. The number of hydrogen-bond donors (Lipinski definition) is 3. The van der Waals surface area contributed by atoms with E-state index in [0.29, 0.717) is 12.8 Å². The number of nitrogens with one attached hydrogen (secondary N) is 1. The van der Waals surface area contributed by atoms with Crippen molar-refractivity contribution in [2.75, 3.05) is 6.61 Å². The normalized spacial score (nSPS) is 12.9. The van der Waals surface area contributed by atoms with Gasteiger partial charge in [0.1, 0.15) is 0 Å². The second kappa shape index (κ2) is 56.2. The van der Waals surface area contributed by atoms with Crippen LogP contribution < -0.4 is 5.32 Å². The second-order valence-electron chi connectivity index (χ2n) is 20.4. The summed E-state index contributed by atoms with van der Waals surface area (Å²) in [5, 5.41) is 23.4. The fourth-order valence-electron chi connectivity index (χ4n) is 9.45. The first-order valence-corrected chi connectivity index (χ1v) is 29.5. The van der Waals surface area contributed by atoms with Gasteiger partial charge in [-0.2, -0.15) is 0 Å². The summed E-state index contributed by atoms with van der Waals surface area (Å²) >= 11 is 0. The molecule has 0 saturated carbocycles. The predicted molar refractivity (Wildman–Crippen MR) is 286 cm³/mol. The van der Waals surface area contributed by atoms with E-state index >= 15 is 0 Å². The van der Waals surface area contributed by atoms with Crippen LogP contribution in [0.3, 0.4) is 0 Å². The SMILES string of the molecule is CCCCCCC/C=C\C/C=C\CCCCCCCCCCCCCCCCCC(=O)NC(CO)C(O)CCCCCCCCCCCCCCCCCCCCCCCCCCC. The third-order valence-electron chi connectivity index (χ3n) is 14.0. The summed E-state index contributed by atoms with van der Waals surface area (Å²) in [6, 6.07) is -0.536. The smallest absolute Gasteiger partial charge is 0.220 e. The molecule has 0 aromatic rings. The number of aliphatic hydroxyl groups excluding tert-OH is 2. The molecule has 0 radical (unpaired) electrons. The first-order chi connectivity index (χ1) is 31.7. The van der Waals surface area contributed by atoms with Gasteiger partial charge in [0.2, 0.25) is 5.91 Å². The van der Waals surface area contributed by atoms with Crippen molar-refractivity contribution < 1.29 is 15.0 Å². The molecule has 0 rings (SSSR count). The Kier molecular flexibility index (Phi) is 55.2. The van der Waals surface area contributed by atoms with Crippen LogP contribution in [0.4, 0.5) is 0 Å². The van der Waals surface area contributed by atoms with Gasteiger partial charge < -0.3 is 15.5 Å². The molecule has 0 spiro atoms. The first kappa shape index (κ1) is 62.9. The third-order valence-corrected chi connectivity index (χ3v) is 14.0. The summed E-state index contributed by atoms with van der Waals surface area (Å²) in [5.74, 6) is -0.0254. The van der Waals surface area contributed by atoms with Crippen molar-refractivity contribution in [1.82, 2.24) is 5.32 Å². The Hall–Kier alpha value is -1.13. The van der Waals surface area contributed by atoms with E-state index in [9.17, 15) is 15.0 Å². The first-order valence-electron chi connectivity index (χ1n) is 29.5. The van der Waals surface area contributed by atoms with Gasteiger partial charge in [-0.05, 0) is 44.9 Å². The molecule has 380 valence electrons. The highest BCUT2D eigenvalue weighted by molar-refractivity contribution is 5.76. The molecule has 0 aliphatic heterocycles. The van der Waals surface area contributed by atoms with Crippen molar-refractivity contribution in [2.45, 2.75) is 347 Å². The summed E-state index contributed by atoms with van der Waals surface area (Å²) in [6.07, 6.45) is 74.6. The quantitative estimate of drug-likeness (QED) is 0.0421. The molecule has 0 aliphatic carbocycles. The van der Waals surface area contributed by atoms with Crippen LogP contribution >= 0.6 is 0 Å². The maximum Gasteiger partial charge on any atom is 0.220 e. The molecule has 0 aromatic carbocycles. The van der Waals surface area contributed by atoms with Gasteiger partial charge in [-0.25, -0.2) is 0 Å². The summed E-state index contributed by atoms with van der Waals surface area (Å²) in [6.45, 7) is 4.39. The van der Waals surface area contributed by atoms with E-state index in [4.69, 9.17) is 0 Å². The monoisotopic (exact) mass is 900 g/mol. The zero-order valence-electron chi connectivity index (χ0n) is 43.8. The number of rotatable bonds is 55. The lowest BCUT2D eigenvalue weighted by Gasteiger charge is -2.22. The van der Waals surface area contributed by atoms with E-state index < -0.39 is 12.1 Å². The highest BCUT2D eigenvalue weighted by atomic mass is 16.3. The number of carbonyl (C=O) groups is 1. The van der Waals surface area contributed by atoms with Crippen LogP contribution in [0.2, 0.25) is 0 Å². The molecule has 1 amide bonds. The van der Waals surface area contributed by atoms with Gasteiger partial charge in [0.05, 0.1) is 18.8 Å². The van der Waals surface area contributed by atoms with Gasteiger partial charge in [-0.15, -0.1) is 0 Å². The van der Waals surface area contributed by atoms with Gasteiger partial charge in [0.25, 0.3) is 0 Å². The van der Waals surface area contributed by atoms with Crippen molar-refractivity contribution in [1.29, 1.82) is 0 Å². The Labute approximate surface area is 402 Å². The van der Waals surface area contributed by atoms with E-state index in [1.54, 1.807) is 0 Å². The van der Waals surface area contributed by atoms with Crippen LogP contribution in [0.5, 0.6) is 0 Å². The molecule has 0 aromatic heterocycles. The molecule has 0 aliphatic rings. The molecule has 64 heavy (non-hydrogen) atoms. The highest BCUT2D eigenvalue weighted by Gasteiger charge is 2.20. The number of carbonyl (C=O) groups excluding carboxylic acids is 1. The van der Waals surface area contributed by atoms with E-state index in [0.717, 1.165) is 32.1 Å². The average Bonchev–Trinajstić information content (AvgIpc) is 3.30. The summed E-state index contributed by atoms with van der Waals surface area (Å²) in [4.78, 5) is 12.5.